The Morgan fingerprint density at radius 1 is 1.75 bits per heavy atom. The van der Waals surface area contributed by atoms with E-state index in [1.165, 1.54) is 0 Å². The Morgan fingerprint density at radius 3 is 2.67 bits per heavy atom. The number of rotatable bonds is 3. The van der Waals surface area contributed by atoms with E-state index in [-0.39, 0.29) is 11.7 Å². The molecule has 1 aliphatic carbocycles. The smallest absolute Gasteiger partial charge is 0.177 e. The zero-order chi connectivity index (χ0) is 9.30. The predicted octanol–water partition coefficient (Wildman–Crippen LogP) is 1.59. The van der Waals surface area contributed by atoms with E-state index < -0.39 is 0 Å². The lowest BCUT2D eigenvalue weighted by atomic mass is 9.83. The van der Waals surface area contributed by atoms with Crippen molar-refractivity contribution in [3.63, 3.8) is 0 Å². The van der Waals surface area contributed by atoms with Crippen molar-refractivity contribution in [1.82, 2.24) is 0 Å². The molecule has 1 fully saturated rings. The molecule has 3 N–H and O–H groups in total. The molecule has 66 valence electrons. The number of nitrogens with two attached hydrogens (primary N) is 1. The summed E-state index contributed by atoms with van der Waals surface area (Å²) in [6.07, 6.45) is 2.53. The summed E-state index contributed by atoms with van der Waals surface area (Å²) in [7, 11) is 5.77. The van der Waals surface area contributed by atoms with Gasteiger partial charge in [0.15, 0.2) is 5.88 Å². The van der Waals surface area contributed by atoms with Crippen molar-refractivity contribution in [2.24, 2.45) is 23.5 Å². The molecule has 3 unspecified atom stereocenters. The third-order valence-corrected chi connectivity index (χ3v) is 2.84. The molecule has 12 heavy (non-hydrogen) atoms. The highest BCUT2D eigenvalue weighted by Crippen LogP contribution is 2.54. The summed E-state index contributed by atoms with van der Waals surface area (Å²) in [6, 6.07) is 0. The lowest BCUT2D eigenvalue weighted by Gasteiger charge is -2.00. The first-order valence-electron chi connectivity index (χ1n) is 4.44. The SMILES string of the molecule is [B]C(C)C1C(C)[C@@H]1C/C=C(\N)O. The van der Waals surface area contributed by atoms with Crippen LogP contribution >= 0.6 is 0 Å². The highest BCUT2D eigenvalue weighted by Gasteiger charge is 2.46. The largest absolute Gasteiger partial charge is 0.495 e. The lowest BCUT2D eigenvalue weighted by molar-refractivity contribution is 0.401. The van der Waals surface area contributed by atoms with Gasteiger partial charge in [-0.2, -0.15) is 0 Å². The third-order valence-electron chi connectivity index (χ3n) is 2.84. The summed E-state index contributed by atoms with van der Waals surface area (Å²) in [6.45, 7) is 4.23. The van der Waals surface area contributed by atoms with Crippen LogP contribution in [-0.4, -0.2) is 13.0 Å². The van der Waals surface area contributed by atoms with Gasteiger partial charge in [0.1, 0.15) is 0 Å². The van der Waals surface area contributed by atoms with Gasteiger partial charge in [0, 0.05) is 0 Å². The van der Waals surface area contributed by atoms with E-state index >= 15 is 0 Å². The maximum atomic E-state index is 8.75. The van der Waals surface area contributed by atoms with Crippen LogP contribution in [0.1, 0.15) is 20.3 Å². The molecular formula is C9H16BNO. The molecule has 1 rings (SSSR count). The quantitative estimate of drug-likeness (QED) is 0.492. The van der Waals surface area contributed by atoms with Gasteiger partial charge in [-0.05, 0) is 30.3 Å². The third kappa shape index (κ3) is 1.96. The van der Waals surface area contributed by atoms with Crippen molar-refractivity contribution in [1.29, 1.82) is 0 Å². The van der Waals surface area contributed by atoms with Crippen molar-refractivity contribution in [3.05, 3.63) is 12.0 Å². The number of hydrogen-bond donors (Lipinski definition) is 2. The second kappa shape index (κ2) is 3.42. The summed E-state index contributed by atoms with van der Waals surface area (Å²) in [5.41, 5.74) is 5.12. The number of allylic oxidation sites excluding steroid dienone is 1. The minimum atomic E-state index is -0.0717. The Labute approximate surface area is 75.2 Å². The molecule has 4 atom stereocenters. The summed E-state index contributed by atoms with van der Waals surface area (Å²) in [5, 5.41) is 8.75. The van der Waals surface area contributed by atoms with Crippen LogP contribution in [0.2, 0.25) is 5.82 Å². The van der Waals surface area contributed by atoms with Crippen LogP contribution in [0.4, 0.5) is 0 Å². The van der Waals surface area contributed by atoms with Gasteiger partial charge in [-0.15, -0.1) is 0 Å². The van der Waals surface area contributed by atoms with Crippen molar-refractivity contribution in [2.45, 2.75) is 26.1 Å². The number of hydrogen-bond acceptors (Lipinski definition) is 2. The standard InChI is InChI=1S/C9H16BNO/c1-5-7(3-4-8(11)12)9(5)6(2)10/h4-7,9,12H,3,11H2,1-2H3/b8-4+/t5?,6?,7-,9?/m0/s1. The molecule has 3 heteroatoms. The topological polar surface area (TPSA) is 46.2 Å². The molecular weight excluding hydrogens is 149 g/mol. The minimum Gasteiger partial charge on any atom is -0.495 e. The highest BCUT2D eigenvalue weighted by atomic mass is 16.3. The van der Waals surface area contributed by atoms with Gasteiger partial charge in [-0.25, -0.2) is 0 Å². The van der Waals surface area contributed by atoms with Crippen LogP contribution in [0.3, 0.4) is 0 Å². The van der Waals surface area contributed by atoms with Gasteiger partial charge in [0.05, 0.1) is 7.85 Å². The van der Waals surface area contributed by atoms with Gasteiger partial charge >= 0.3 is 0 Å². The maximum Gasteiger partial charge on any atom is 0.177 e. The molecule has 0 aromatic rings. The van der Waals surface area contributed by atoms with E-state index in [0.29, 0.717) is 17.8 Å². The Kier molecular flexibility index (Phi) is 2.71. The molecule has 0 aliphatic heterocycles. The average molecular weight is 165 g/mol. The first-order chi connectivity index (χ1) is 5.54. The molecule has 0 aromatic heterocycles. The molecule has 1 saturated carbocycles. The summed E-state index contributed by atoms with van der Waals surface area (Å²) >= 11 is 0. The van der Waals surface area contributed by atoms with Crippen LogP contribution in [0, 0.1) is 17.8 Å². The zero-order valence-corrected chi connectivity index (χ0v) is 7.70. The second-order valence-corrected chi connectivity index (χ2v) is 3.82. The fourth-order valence-corrected chi connectivity index (χ4v) is 2.08. The van der Waals surface area contributed by atoms with Gasteiger partial charge in [0.2, 0.25) is 0 Å². The number of aliphatic hydroxyl groups is 1. The Morgan fingerprint density at radius 2 is 2.33 bits per heavy atom. The summed E-state index contributed by atoms with van der Waals surface area (Å²) in [4.78, 5) is 0. The van der Waals surface area contributed by atoms with Crippen LogP contribution in [-0.2, 0) is 0 Å². The summed E-state index contributed by atoms with van der Waals surface area (Å²) in [5.74, 6) is 2.10. The molecule has 0 bridgehead atoms. The lowest BCUT2D eigenvalue weighted by Crippen LogP contribution is -1.95. The monoisotopic (exact) mass is 165 g/mol. The molecule has 0 spiro atoms. The van der Waals surface area contributed by atoms with Crippen LogP contribution in [0.15, 0.2) is 12.0 Å². The molecule has 0 aromatic carbocycles. The molecule has 1 aliphatic rings. The molecule has 0 saturated heterocycles. The van der Waals surface area contributed by atoms with Gasteiger partial charge in [-0.3, -0.25) is 0 Å². The van der Waals surface area contributed by atoms with Crippen molar-refractivity contribution < 1.29 is 5.11 Å². The molecule has 0 heterocycles. The summed E-state index contributed by atoms with van der Waals surface area (Å²) < 4.78 is 0. The predicted molar refractivity (Wildman–Crippen MR) is 50.8 cm³/mol. The molecule has 2 nitrogen and oxygen atoms in total. The minimum absolute atomic E-state index is 0.0717. The maximum absolute atomic E-state index is 8.75. The first-order valence-corrected chi connectivity index (χ1v) is 4.44. The van der Waals surface area contributed by atoms with Crippen molar-refractivity contribution in [2.75, 3.05) is 0 Å². The fourth-order valence-electron chi connectivity index (χ4n) is 2.08. The van der Waals surface area contributed by atoms with Crippen LogP contribution in [0.25, 0.3) is 0 Å². The molecule has 0 amide bonds. The Bertz CT molecular complexity index is 187. The van der Waals surface area contributed by atoms with Crippen LogP contribution in [0.5, 0.6) is 0 Å². The van der Waals surface area contributed by atoms with Gasteiger partial charge in [-0.1, -0.05) is 19.7 Å². The first kappa shape index (κ1) is 9.49. The Balaban J connectivity index is 2.34. The van der Waals surface area contributed by atoms with E-state index in [0.717, 1.165) is 6.42 Å². The van der Waals surface area contributed by atoms with Gasteiger partial charge in [0.25, 0.3) is 0 Å². The zero-order valence-electron chi connectivity index (χ0n) is 7.70. The van der Waals surface area contributed by atoms with Crippen molar-refractivity contribution >= 4 is 7.85 Å². The van der Waals surface area contributed by atoms with Gasteiger partial charge < -0.3 is 10.8 Å². The highest BCUT2D eigenvalue weighted by molar-refractivity contribution is 6.11. The second-order valence-electron chi connectivity index (χ2n) is 3.82. The van der Waals surface area contributed by atoms with Crippen LogP contribution < -0.4 is 5.73 Å². The van der Waals surface area contributed by atoms with E-state index in [1.54, 1.807) is 6.08 Å². The molecule has 2 radical (unpaired) electrons. The van der Waals surface area contributed by atoms with E-state index in [9.17, 15) is 0 Å². The van der Waals surface area contributed by atoms with Crippen molar-refractivity contribution in [3.8, 4) is 0 Å². The normalized spacial score (nSPS) is 37.8. The average Bonchev–Trinajstić information content (AvgIpc) is 2.57. The Hall–Kier alpha value is -0.595. The van der Waals surface area contributed by atoms with E-state index in [4.69, 9.17) is 18.7 Å². The fraction of sp³-hybridized carbons (Fsp3) is 0.778. The van der Waals surface area contributed by atoms with E-state index in [2.05, 4.69) is 6.92 Å². The van der Waals surface area contributed by atoms with E-state index in [1.807, 2.05) is 6.92 Å². The number of aliphatic hydroxyl groups excluding tert-OH is 1.